The molecule has 1 saturated heterocycles. The molecule has 0 saturated carbocycles. The second-order valence-electron chi connectivity index (χ2n) is 7.12. The summed E-state index contributed by atoms with van der Waals surface area (Å²) in [7, 11) is 0. The number of hydrogen-bond donors (Lipinski definition) is 0. The summed E-state index contributed by atoms with van der Waals surface area (Å²) >= 11 is 1.20. The van der Waals surface area contributed by atoms with Crippen LogP contribution < -0.4 is 5.56 Å². The number of rotatable bonds is 5. The van der Waals surface area contributed by atoms with Crippen molar-refractivity contribution >= 4 is 34.5 Å². The van der Waals surface area contributed by atoms with E-state index in [2.05, 4.69) is 4.98 Å². The molecule has 0 aliphatic carbocycles. The first-order chi connectivity index (χ1) is 14.0. The van der Waals surface area contributed by atoms with Gasteiger partial charge in [-0.05, 0) is 31.0 Å². The molecule has 148 valence electrons. The Hall–Kier alpha value is -2.93. The van der Waals surface area contributed by atoms with Crippen molar-refractivity contribution < 1.29 is 9.59 Å². The molecule has 0 radical (unpaired) electrons. The van der Waals surface area contributed by atoms with E-state index in [0.29, 0.717) is 42.0 Å². The number of nitrogens with zero attached hydrogens (tertiary/aromatic N) is 3. The van der Waals surface area contributed by atoms with Gasteiger partial charge in [0.1, 0.15) is 0 Å². The van der Waals surface area contributed by atoms with E-state index in [1.54, 1.807) is 16.7 Å². The van der Waals surface area contributed by atoms with Crippen LogP contribution in [0, 0.1) is 6.92 Å². The third-order valence-corrected chi connectivity index (χ3v) is 5.95. The van der Waals surface area contributed by atoms with Gasteiger partial charge in [0, 0.05) is 13.0 Å². The minimum Gasteiger partial charge on any atom is -0.283 e. The molecule has 1 aliphatic heterocycles. The van der Waals surface area contributed by atoms with Gasteiger partial charge in [0.05, 0.1) is 23.2 Å². The van der Waals surface area contributed by atoms with Crippen molar-refractivity contribution in [3.05, 3.63) is 70.0 Å². The molecule has 0 atom stereocenters. The predicted molar refractivity (Wildman–Crippen MR) is 113 cm³/mol. The Labute approximate surface area is 172 Å². The number of amides is 2. The van der Waals surface area contributed by atoms with Gasteiger partial charge in [-0.3, -0.25) is 23.9 Å². The number of aromatic nitrogens is 2. The summed E-state index contributed by atoms with van der Waals surface area (Å²) in [5, 5.41) is 1.03. The molecular weight excluding hydrogens is 386 g/mol. The topological polar surface area (TPSA) is 72.3 Å². The van der Waals surface area contributed by atoms with Crippen molar-refractivity contribution in [2.24, 2.45) is 0 Å². The van der Waals surface area contributed by atoms with Crippen LogP contribution in [0.25, 0.3) is 10.9 Å². The van der Waals surface area contributed by atoms with Crippen LogP contribution in [-0.2, 0) is 16.1 Å². The van der Waals surface area contributed by atoms with E-state index in [-0.39, 0.29) is 23.1 Å². The molecule has 2 heterocycles. The highest BCUT2D eigenvalue weighted by atomic mass is 32.2. The fourth-order valence-corrected chi connectivity index (χ4v) is 4.26. The maximum atomic E-state index is 13.1. The highest BCUT2D eigenvalue weighted by Crippen LogP contribution is 2.21. The summed E-state index contributed by atoms with van der Waals surface area (Å²) in [5.74, 6) is -0.286. The maximum Gasteiger partial charge on any atom is 0.262 e. The minimum atomic E-state index is -0.234. The van der Waals surface area contributed by atoms with Crippen molar-refractivity contribution in [3.63, 3.8) is 0 Å². The molecule has 4 rings (SSSR count). The molecule has 0 bridgehead atoms. The largest absolute Gasteiger partial charge is 0.283 e. The van der Waals surface area contributed by atoms with E-state index in [4.69, 9.17) is 0 Å². The zero-order chi connectivity index (χ0) is 20.4. The number of likely N-dealkylation sites (tertiary alicyclic amines) is 1. The van der Waals surface area contributed by atoms with Crippen LogP contribution in [0.5, 0.6) is 0 Å². The van der Waals surface area contributed by atoms with Crippen LogP contribution in [0.15, 0.2) is 58.5 Å². The standard InChI is InChI=1S/C22H21N3O3S/c1-15-8-10-16(11-9-15)13-25-21(28)17-5-2-3-6-18(17)23-22(25)29-14-20(27)24-12-4-7-19(24)26/h2-3,5-6,8-11H,4,7,12-14H2,1H3. The lowest BCUT2D eigenvalue weighted by molar-refractivity contribution is -0.140. The number of imide groups is 1. The number of aryl methyl sites for hydroxylation is 1. The summed E-state index contributed by atoms with van der Waals surface area (Å²) in [6.07, 6.45) is 1.13. The van der Waals surface area contributed by atoms with Crippen LogP contribution in [0.3, 0.4) is 0 Å². The van der Waals surface area contributed by atoms with Gasteiger partial charge in [-0.15, -0.1) is 0 Å². The van der Waals surface area contributed by atoms with Gasteiger partial charge in [-0.2, -0.15) is 0 Å². The summed E-state index contributed by atoms with van der Waals surface area (Å²) in [4.78, 5) is 43.3. The molecule has 1 fully saturated rings. The quantitative estimate of drug-likeness (QED) is 0.480. The molecule has 3 aromatic rings. The predicted octanol–water partition coefficient (Wildman–Crippen LogP) is 2.99. The van der Waals surface area contributed by atoms with Crippen molar-refractivity contribution in [1.29, 1.82) is 0 Å². The third kappa shape index (κ3) is 4.10. The molecule has 1 aromatic heterocycles. The second-order valence-corrected chi connectivity index (χ2v) is 8.06. The van der Waals surface area contributed by atoms with E-state index >= 15 is 0 Å². The normalized spacial score (nSPS) is 14.0. The number of benzene rings is 2. The van der Waals surface area contributed by atoms with Gasteiger partial charge < -0.3 is 0 Å². The molecule has 2 amide bonds. The van der Waals surface area contributed by atoms with Gasteiger partial charge in [0.2, 0.25) is 11.8 Å². The Morgan fingerprint density at radius 1 is 1.10 bits per heavy atom. The van der Waals surface area contributed by atoms with Crippen molar-refractivity contribution in [1.82, 2.24) is 14.5 Å². The lowest BCUT2D eigenvalue weighted by Gasteiger charge is -2.15. The molecule has 29 heavy (non-hydrogen) atoms. The van der Waals surface area contributed by atoms with Crippen molar-refractivity contribution in [3.8, 4) is 0 Å². The summed E-state index contributed by atoms with van der Waals surface area (Å²) in [5.41, 5.74) is 2.60. The SMILES string of the molecule is Cc1ccc(Cn2c(SCC(=O)N3CCCC3=O)nc3ccccc3c2=O)cc1. The van der Waals surface area contributed by atoms with Gasteiger partial charge in [-0.25, -0.2) is 4.98 Å². The molecule has 2 aromatic carbocycles. The number of carbonyl (C=O) groups excluding carboxylic acids is 2. The first-order valence-corrected chi connectivity index (χ1v) is 10.5. The molecule has 0 N–H and O–H groups in total. The van der Waals surface area contributed by atoms with E-state index in [0.717, 1.165) is 11.1 Å². The molecule has 1 aliphatic rings. The first-order valence-electron chi connectivity index (χ1n) is 9.54. The smallest absolute Gasteiger partial charge is 0.262 e. The molecule has 7 heteroatoms. The average Bonchev–Trinajstić information content (AvgIpc) is 3.16. The first kappa shape index (κ1) is 19.4. The Kier molecular flexibility index (Phi) is 5.49. The van der Waals surface area contributed by atoms with Gasteiger partial charge >= 0.3 is 0 Å². The second kappa shape index (κ2) is 8.21. The summed E-state index contributed by atoms with van der Waals surface area (Å²) in [6, 6.07) is 15.2. The Bertz CT molecular complexity index is 1140. The highest BCUT2D eigenvalue weighted by Gasteiger charge is 2.26. The van der Waals surface area contributed by atoms with E-state index in [1.165, 1.54) is 16.7 Å². The van der Waals surface area contributed by atoms with Crippen LogP contribution in [0.2, 0.25) is 0 Å². The fourth-order valence-electron chi connectivity index (χ4n) is 3.39. The minimum absolute atomic E-state index is 0.0738. The molecule has 0 spiro atoms. The number of hydrogen-bond acceptors (Lipinski definition) is 5. The zero-order valence-electron chi connectivity index (χ0n) is 16.1. The molecule has 6 nitrogen and oxygen atoms in total. The summed E-state index contributed by atoms with van der Waals surface area (Å²) < 4.78 is 1.61. The average molecular weight is 407 g/mol. The Morgan fingerprint density at radius 2 is 1.86 bits per heavy atom. The highest BCUT2D eigenvalue weighted by molar-refractivity contribution is 7.99. The van der Waals surface area contributed by atoms with Gasteiger partial charge in [-0.1, -0.05) is 53.7 Å². The number of thioether (sulfide) groups is 1. The van der Waals surface area contributed by atoms with E-state index in [1.807, 2.05) is 43.3 Å². The number of carbonyl (C=O) groups is 2. The number of fused-ring (bicyclic) bond motifs is 1. The van der Waals surface area contributed by atoms with Crippen molar-refractivity contribution in [2.45, 2.75) is 31.5 Å². The van der Waals surface area contributed by atoms with Crippen LogP contribution >= 0.6 is 11.8 Å². The van der Waals surface area contributed by atoms with Gasteiger partial charge in [0.15, 0.2) is 5.16 Å². The van der Waals surface area contributed by atoms with E-state index < -0.39 is 0 Å². The number of para-hydroxylation sites is 1. The Morgan fingerprint density at radius 3 is 2.59 bits per heavy atom. The lowest BCUT2D eigenvalue weighted by Crippen LogP contribution is -2.33. The molecular formula is C22H21N3O3S. The Balaban J connectivity index is 1.67. The van der Waals surface area contributed by atoms with Crippen molar-refractivity contribution in [2.75, 3.05) is 12.3 Å². The monoisotopic (exact) mass is 407 g/mol. The van der Waals surface area contributed by atoms with Crippen LogP contribution in [0.1, 0.15) is 24.0 Å². The molecule has 0 unspecified atom stereocenters. The zero-order valence-corrected chi connectivity index (χ0v) is 16.9. The van der Waals surface area contributed by atoms with E-state index in [9.17, 15) is 14.4 Å². The van der Waals surface area contributed by atoms with Gasteiger partial charge in [0.25, 0.3) is 5.56 Å². The van der Waals surface area contributed by atoms with Crippen LogP contribution in [0.4, 0.5) is 0 Å². The maximum absolute atomic E-state index is 13.1. The fraction of sp³-hybridized carbons (Fsp3) is 0.273. The summed E-state index contributed by atoms with van der Waals surface area (Å²) in [6.45, 7) is 2.86. The van der Waals surface area contributed by atoms with Crippen LogP contribution in [-0.4, -0.2) is 38.6 Å². The third-order valence-electron chi connectivity index (χ3n) is 4.99. The lowest BCUT2D eigenvalue weighted by atomic mass is 10.1.